The molecule has 4 rings (SSSR count). The Hall–Kier alpha value is -1.69. The molecular weight excluding hydrogens is 290 g/mol. The van der Waals surface area contributed by atoms with Crippen molar-refractivity contribution in [2.75, 3.05) is 26.2 Å². The van der Waals surface area contributed by atoms with E-state index in [-0.39, 0.29) is 0 Å². The second-order valence-corrected chi connectivity index (χ2v) is 6.56. The van der Waals surface area contributed by atoms with E-state index in [0.29, 0.717) is 12.1 Å². The molecule has 2 aliphatic rings. The first-order chi connectivity index (χ1) is 11.3. The lowest BCUT2D eigenvalue weighted by Crippen LogP contribution is -2.50. The molecule has 23 heavy (non-hydrogen) atoms. The number of nitrogens with zero attached hydrogens (tertiary/aromatic N) is 3. The van der Waals surface area contributed by atoms with Crippen molar-refractivity contribution in [2.24, 2.45) is 0 Å². The topological polar surface area (TPSA) is 41.7 Å². The van der Waals surface area contributed by atoms with Crippen molar-refractivity contribution in [1.82, 2.24) is 15.0 Å². The molecule has 5 nitrogen and oxygen atoms in total. The maximum atomic E-state index is 6.02. The van der Waals surface area contributed by atoms with Crippen LogP contribution in [0, 0.1) is 6.92 Å². The van der Waals surface area contributed by atoms with E-state index in [4.69, 9.17) is 9.26 Å². The summed E-state index contributed by atoms with van der Waals surface area (Å²) in [6, 6.07) is 13.2. The highest BCUT2D eigenvalue weighted by atomic mass is 16.5. The summed E-state index contributed by atoms with van der Waals surface area (Å²) in [4.78, 5) is 4.99. The molecule has 2 aliphatic heterocycles. The molecule has 0 bridgehead atoms. The molecule has 0 amide bonds. The molecule has 0 radical (unpaired) electrons. The van der Waals surface area contributed by atoms with E-state index in [0.717, 1.165) is 50.8 Å². The van der Waals surface area contributed by atoms with Gasteiger partial charge in [0.05, 0.1) is 24.4 Å². The maximum Gasteiger partial charge on any atom is 0.133 e. The standard InChI is InChI=1S/C18H23N3O2/c1-14-9-16(19-23-14)11-20-12-17-18(13-20)22-8-7-21(17)10-15-5-3-2-4-6-15/h2-6,9,17-18H,7-8,10-13H2,1H3/t17-,18+/m1/s1. The zero-order valence-corrected chi connectivity index (χ0v) is 13.5. The van der Waals surface area contributed by atoms with Crippen LogP contribution in [0.2, 0.25) is 0 Å². The summed E-state index contributed by atoms with van der Waals surface area (Å²) in [5.41, 5.74) is 2.38. The third kappa shape index (κ3) is 3.32. The molecule has 0 spiro atoms. The van der Waals surface area contributed by atoms with Gasteiger partial charge in [0, 0.05) is 38.8 Å². The van der Waals surface area contributed by atoms with Gasteiger partial charge >= 0.3 is 0 Å². The van der Waals surface area contributed by atoms with Crippen molar-refractivity contribution in [3.63, 3.8) is 0 Å². The molecule has 5 heteroatoms. The average molecular weight is 313 g/mol. The summed E-state index contributed by atoms with van der Waals surface area (Å²) in [7, 11) is 0. The van der Waals surface area contributed by atoms with Crippen LogP contribution in [0.1, 0.15) is 17.0 Å². The van der Waals surface area contributed by atoms with Crippen molar-refractivity contribution in [3.8, 4) is 0 Å². The molecule has 0 saturated carbocycles. The van der Waals surface area contributed by atoms with Gasteiger partial charge in [0.15, 0.2) is 0 Å². The van der Waals surface area contributed by atoms with Gasteiger partial charge in [0.2, 0.25) is 0 Å². The van der Waals surface area contributed by atoms with Crippen molar-refractivity contribution < 1.29 is 9.26 Å². The van der Waals surface area contributed by atoms with Gasteiger partial charge < -0.3 is 9.26 Å². The SMILES string of the molecule is Cc1cc(CN2C[C@@H]3OCCN(Cc4ccccc4)[C@@H]3C2)no1. The van der Waals surface area contributed by atoms with Crippen LogP contribution in [-0.2, 0) is 17.8 Å². The van der Waals surface area contributed by atoms with Crippen molar-refractivity contribution >= 4 is 0 Å². The Labute approximate surface area is 136 Å². The predicted molar refractivity (Wildman–Crippen MR) is 86.9 cm³/mol. The highest BCUT2D eigenvalue weighted by molar-refractivity contribution is 5.15. The number of aryl methyl sites for hydroxylation is 1. The number of hydrogen-bond donors (Lipinski definition) is 0. The number of likely N-dealkylation sites (tertiary alicyclic amines) is 1. The molecule has 2 aromatic rings. The fourth-order valence-corrected chi connectivity index (χ4v) is 3.70. The Balaban J connectivity index is 1.42. The quantitative estimate of drug-likeness (QED) is 0.864. The largest absolute Gasteiger partial charge is 0.374 e. The minimum atomic E-state index is 0.306. The molecule has 1 aromatic heterocycles. The van der Waals surface area contributed by atoms with Crippen LogP contribution in [-0.4, -0.2) is 53.3 Å². The lowest BCUT2D eigenvalue weighted by Gasteiger charge is -2.37. The van der Waals surface area contributed by atoms with Crippen LogP contribution in [0.15, 0.2) is 40.9 Å². The minimum absolute atomic E-state index is 0.306. The van der Waals surface area contributed by atoms with E-state index >= 15 is 0 Å². The van der Waals surface area contributed by atoms with E-state index in [1.807, 2.05) is 13.0 Å². The molecule has 2 fully saturated rings. The van der Waals surface area contributed by atoms with Gasteiger partial charge in [-0.25, -0.2) is 0 Å². The van der Waals surface area contributed by atoms with Crippen LogP contribution in [0.5, 0.6) is 0 Å². The molecular formula is C18H23N3O2. The Morgan fingerprint density at radius 2 is 2.04 bits per heavy atom. The van der Waals surface area contributed by atoms with Gasteiger partial charge in [-0.05, 0) is 12.5 Å². The summed E-state index contributed by atoms with van der Waals surface area (Å²) in [6.07, 6.45) is 0.306. The first kappa shape index (κ1) is 14.9. The lowest BCUT2D eigenvalue weighted by molar-refractivity contribution is -0.0504. The van der Waals surface area contributed by atoms with E-state index in [1.54, 1.807) is 0 Å². The van der Waals surface area contributed by atoms with Crippen LogP contribution in [0.4, 0.5) is 0 Å². The van der Waals surface area contributed by atoms with Gasteiger partial charge in [0.1, 0.15) is 5.76 Å². The summed E-state index contributed by atoms with van der Waals surface area (Å²) in [5.74, 6) is 0.874. The van der Waals surface area contributed by atoms with E-state index in [1.165, 1.54) is 5.56 Å². The predicted octanol–water partition coefficient (Wildman–Crippen LogP) is 2.07. The second kappa shape index (κ2) is 6.43. The number of morpholine rings is 1. The summed E-state index contributed by atoms with van der Waals surface area (Å²) in [6.45, 7) is 7.61. The fraction of sp³-hybridized carbons (Fsp3) is 0.500. The van der Waals surface area contributed by atoms with Crippen molar-refractivity contribution in [3.05, 3.63) is 53.4 Å². The molecule has 0 unspecified atom stereocenters. The Kier molecular flexibility index (Phi) is 4.16. The Morgan fingerprint density at radius 3 is 2.83 bits per heavy atom. The van der Waals surface area contributed by atoms with E-state index < -0.39 is 0 Å². The summed E-state index contributed by atoms with van der Waals surface area (Å²) < 4.78 is 11.2. The molecule has 122 valence electrons. The first-order valence-electron chi connectivity index (χ1n) is 8.32. The Morgan fingerprint density at radius 1 is 1.17 bits per heavy atom. The van der Waals surface area contributed by atoms with Crippen LogP contribution in [0.25, 0.3) is 0 Å². The third-order valence-electron chi connectivity index (χ3n) is 4.78. The highest BCUT2D eigenvalue weighted by Gasteiger charge is 2.40. The lowest BCUT2D eigenvalue weighted by atomic mass is 10.1. The number of benzene rings is 1. The fourth-order valence-electron chi connectivity index (χ4n) is 3.70. The van der Waals surface area contributed by atoms with Crippen LogP contribution in [0.3, 0.4) is 0 Å². The molecule has 2 atom stereocenters. The van der Waals surface area contributed by atoms with Gasteiger partial charge in [-0.3, -0.25) is 9.80 Å². The van der Waals surface area contributed by atoms with Gasteiger partial charge in [-0.2, -0.15) is 0 Å². The molecule has 1 aromatic carbocycles. The molecule has 2 saturated heterocycles. The van der Waals surface area contributed by atoms with Crippen molar-refractivity contribution in [1.29, 1.82) is 0 Å². The zero-order valence-electron chi connectivity index (χ0n) is 13.5. The average Bonchev–Trinajstić information content (AvgIpc) is 3.15. The molecule has 0 N–H and O–H groups in total. The summed E-state index contributed by atoms with van der Waals surface area (Å²) in [5, 5.41) is 4.11. The van der Waals surface area contributed by atoms with Gasteiger partial charge in [-0.1, -0.05) is 35.5 Å². The van der Waals surface area contributed by atoms with Crippen LogP contribution >= 0.6 is 0 Å². The maximum absolute atomic E-state index is 6.02. The summed E-state index contributed by atoms with van der Waals surface area (Å²) >= 11 is 0. The third-order valence-corrected chi connectivity index (χ3v) is 4.78. The number of hydrogen-bond acceptors (Lipinski definition) is 5. The van der Waals surface area contributed by atoms with Gasteiger partial charge in [0.25, 0.3) is 0 Å². The number of fused-ring (bicyclic) bond motifs is 1. The Bertz CT molecular complexity index is 643. The second-order valence-electron chi connectivity index (χ2n) is 6.56. The highest BCUT2D eigenvalue weighted by Crippen LogP contribution is 2.25. The van der Waals surface area contributed by atoms with Crippen molar-refractivity contribution in [2.45, 2.75) is 32.2 Å². The first-order valence-corrected chi connectivity index (χ1v) is 8.32. The number of aromatic nitrogens is 1. The molecule has 3 heterocycles. The van der Waals surface area contributed by atoms with Gasteiger partial charge in [-0.15, -0.1) is 0 Å². The van der Waals surface area contributed by atoms with E-state index in [2.05, 4.69) is 45.3 Å². The van der Waals surface area contributed by atoms with Crippen LogP contribution < -0.4 is 0 Å². The monoisotopic (exact) mass is 313 g/mol. The number of ether oxygens (including phenoxy) is 1. The smallest absolute Gasteiger partial charge is 0.133 e. The number of rotatable bonds is 4. The molecule has 0 aliphatic carbocycles. The normalized spacial score (nSPS) is 25.6. The van der Waals surface area contributed by atoms with E-state index in [9.17, 15) is 0 Å². The zero-order chi connectivity index (χ0) is 15.6. The minimum Gasteiger partial charge on any atom is -0.374 e.